The Balaban J connectivity index is 1.73. The number of rotatable bonds is 5. The van der Waals surface area contributed by atoms with Crippen molar-refractivity contribution >= 4 is 24.7 Å². The van der Waals surface area contributed by atoms with E-state index in [0.29, 0.717) is 12.5 Å². The predicted octanol–water partition coefficient (Wildman–Crippen LogP) is 4.28. The first-order chi connectivity index (χ1) is 12.8. The van der Waals surface area contributed by atoms with Crippen LogP contribution < -0.4 is 15.1 Å². The van der Waals surface area contributed by atoms with Crippen LogP contribution in [0.2, 0.25) is 0 Å². The van der Waals surface area contributed by atoms with E-state index in [0.717, 1.165) is 11.3 Å². The summed E-state index contributed by atoms with van der Waals surface area (Å²) in [5.74, 6) is 1.48. The molecule has 1 aliphatic rings. The van der Waals surface area contributed by atoms with Gasteiger partial charge in [0.25, 0.3) is 0 Å². The molecule has 0 N–H and O–H groups in total. The molecular weight excluding hydrogens is 341 g/mol. The van der Waals surface area contributed by atoms with Gasteiger partial charge in [0.15, 0.2) is 8.15 Å². The second kappa shape index (κ2) is 7.72. The average molecular weight is 361 g/mol. The summed E-state index contributed by atoms with van der Waals surface area (Å²) in [5.41, 5.74) is 0.913. The smallest absolute Gasteiger partial charge is 0.220 e. The van der Waals surface area contributed by atoms with Gasteiger partial charge in [0.05, 0.1) is 11.6 Å². The van der Waals surface area contributed by atoms with E-state index in [1.165, 1.54) is 10.6 Å². The van der Waals surface area contributed by atoms with Crippen molar-refractivity contribution in [3.05, 3.63) is 90.5 Å². The molecule has 4 heteroatoms. The fourth-order valence-corrected chi connectivity index (χ4v) is 4.57. The van der Waals surface area contributed by atoms with Gasteiger partial charge in [-0.25, -0.2) is 4.99 Å². The van der Waals surface area contributed by atoms with Crippen LogP contribution in [0.25, 0.3) is 0 Å². The van der Waals surface area contributed by atoms with Crippen molar-refractivity contribution < 1.29 is 9.26 Å². The van der Waals surface area contributed by atoms with E-state index < -0.39 is 8.15 Å². The maximum absolute atomic E-state index is 6.57. The van der Waals surface area contributed by atoms with E-state index in [4.69, 9.17) is 9.26 Å². The lowest BCUT2D eigenvalue weighted by Crippen LogP contribution is -2.16. The number of benzene rings is 3. The third-order valence-electron chi connectivity index (χ3n) is 4.09. The van der Waals surface area contributed by atoms with Crippen LogP contribution in [0.5, 0.6) is 5.75 Å². The summed E-state index contributed by atoms with van der Waals surface area (Å²) in [4.78, 5) is 4.59. The summed E-state index contributed by atoms with van der Waals surface area (Å²) in [7, 11) is -0.979. The molecule has 0 amide bonds. The Kier molecular flexibility index (Phi) is 4.99. The summed E-state index contributed by atoms with van der Waals surface area (Å²) in [6.07, 6.45) is 0. The minimum Gasteiger partial charge on any atom is -0.475 e. The fraction of sp³-hybridized carbons (Fsp3) is 0.136. The van der Waals surface area contributed by atoms with Gasteiger partial charge < -0.3 is 9.26 Å². The maximum atomic E-state index is 6.57. The van der Waals surface area contributed by atoms with Crippen molar-refractivity contribution in [1.29, 1.82) is 0 Å². The lowest BCUT2D eigenvalue weighted by Gasteiger charge is -2.21. The van der Waals surface area contributed by atoms with Gasteiger partial charge in [-0.15, -0.1) is 0 Å². The minimum absolute atomic E-state index is 0.183. The van der Waals surface area contributed by atoms with Crippen LogP contribution in [-0.4, -0.2) is 18.5 Å². The summed E-state index contributed by atoms with van der Waals surface area (Å²) >= 11 is 0. The highest BCUT2D eigenvalue weighted by Gasteiger charge is 2.23. The second-order valence-electron chi connectivity index (χ2n) is 6.15. The van der Waals surface area contributed by atoms with Crippen molar-refractivity contribution in [2.24, 2.45) is 4.99 Å². The van der Waals surface area contributed by atoms with Gasteiger partial charge in [-0.2, -0.15) is 0 Å². The molecule has 4 rings (SSSR count). The van der Waals surface area contributed by atoms with Crippen LogP contribution in [0.3, 0.4) is 0 Å². The standard InChI is InChI=1S/C22H20NO2P/c1-17-16-24-22(23-17)20-14-8-9-15-21(20)25-26(18-10-4-2-5-11-18)19-12-6-3-7-13-19/h2-15,17H,16H2,1H3/t17-/m1/s1. The molecule has 130 valence electrons. The van der Waals surface area contributed by atoms with Crippen LogP contribution in [0.4, 0.5) is 0 Å². The summed E-state index contributed by atoms with van der Waals surface area (Å²) in [6.45, 7) is 2.67. The quantitative estimate of drug-likeness (QED) is 0.635. The van der Waals surface area contributed by atoms with Gasteiger partial charge in [0.1, 0.15) is 12.4 Å². The molecule has 1 heterocycles. The number of nitrogens with zero attached hydrogens (tertiary/aromatic N) is 1. The molecule has 0 saturated heterocycles. The summed E-state index contributed by atoms with van der Waals surface area (Å²) in [5, 5.41) is 2.34. The monoisotopic (exact) mass is 361 g/mol. The van der Waals surface area contributed by atoms with Gasteiger partial charge in [-0.05, 0) is 19.1 Å². The van der Waals surface area contributed by atoms with E-state index in [1.54, 1.807) is 0 Å². The molecule has 0 fully saturated rings. The number of ether oxygens (including phenoxy) is 1. The van der Waals surface area contributed by atoms with Crippen molar-refractivity contribution in [2.45, 2.75) is 13.0 Å². The van der Waals surface area contributed by atoms with Crippen LogP contribution in [0.1, 0.15) is 12.5 Å². The zero-order valence-corrected chi connectivity index (χ0v) is 15.5. The van der Waals surface area contributed by atoms with Gasteiger partial charge in [-0.3, -0.25) is 0 Å². The Labute approximate surface area is 155 Å². The summed E-state index contributed by atoms with van der Waals surface area (Å²) in [6, 6.07) is 28.9. The topological polar surface area (TPSA) is 30.8 Å². The molecule has 0 saturated carbocycles. The highest BCUT2D eigenvalue weighted by Crippen LogP contribution is 2.38. The number of para-hydroxylation sites is 1. The molecule has 3 nitrogen and oxygen atoms in total. The van der Waals surface area contributed by atoms with Crippen molar-refractivity contribution in [1.82, 2.24) is 0 Å². The number of hydrogen-bond acceptors (Lipinski definition) is 3. The SMILES string of the molecule is C[C@@H]1COC(c2ccccc2OP(c2ccccc2)c2ccccc2)=N1. The Hall–Kier alpha value is -2.64. The predicted molar refractivity (Wildman–Crippen MR) is 108 cm³/mol. The highest BCUT2D eigenvalue weighted by molar-refractivity contribution is 7.68. The van der Waals surface area contributed by atoms with Crippen molar-refractivity contribution in [3.8, 4) is 5.75 Å². The van der Waals surface area contributed by atoms with Crippen molar-refractivity contribution in [3.63, 3.8) is 0 Å². The Morgan fingerprint density at radius 2 is 1.42 bits per heavy atom. The van der Waals surface area contributed by atoms with Crippen LogP contribution in [0.15, 0.2) is 89.9 Å². The number of hydrogen-bond donors (Lipinski definition) is 0. The van der Waals surface area contributed by atoms with E-state index in [9.17, 15) is 0 Å². The van der Waals surface area contributed by atoms with E-state index >= 15 is 0 Å². The normalized spacial score (nSPS) is 16.2. The van der Waals surface area contributed by atoms with E-state index in [-0.39, 0.29) is 6.04 Å². The Morgan fingerprint density at radius 1 is 0.846 bits per heavy atom. The molecular formula is C22H20NO2P. The van der Waals surface area contributed by atoms with Gasteiger partial charge >= 0.3 is 0 Å². The Morgan fingerprint density at radius 3 is 2.00 bits per heavy atom. The lowest BCUT2D eigenvalue weighted by molar-refractivity contribution is 0.323. The fourth-order valence-electron chi connectivity index (χ4n) is 2.82. The van der Waals surface area contributed by atoms with Gasteiger partial charge in [-0.1, -0.05) is 72.8 Å². The van der Waals surface area contributed by atoms with Crippen molar-refractivity contribution in [2.75, 3.05) is 6.61 Å². The molecule has 3 aromatic carbocycles. The average Bonchev–Trinajstić information content (AvgIpc) is 3.14. The molecule has 1 aliphatic heterocycles. The van der Waals surface area contributed by atoms with Crippen LogP contribution in [0, 0.1) is 0 Å². The Bertz CT molecular complexity index is 857. The third-order valence-corrected chi connectivity index (χ3v) is 6.00. The minimum atomic E-state index is -0.979. The first kappa shape index (κ1) is 16.8. The van der Waals surface area contributed by atoms with Gasteiger partial charge in [0, 0.05) is 10.6 Å². The molecule has 0 unspecified atom stereocenters. The zero-order chi connectivity index (χ0) is 17.8. The summed E-state index contributed by atoms with van der Waals surface area (Å²) < 4.78 is 12.3. The maximum Gasteiger partial charge on any atom is 0.220 e. The molecule has 3 aromatic rings. The first-order valence-corrected chi connectivity index (χ1v) is 9.95. The number of aliphatic imine (C=N–C) groups is 1. The second-order valence-corrected chi connectivity index (χ2v) is 7.95. The molecule has 0 radical (unpaired) electrons. The van der Waals surface area contributed by atoms with E-state index in [1.807, 2.05) is 36.4 Å². The molecule has 0 spiro atoms. The largest absolute Gasteiger partial charge is 0.475 e. The van der Waals surface area contributed by atoms with Gasteiger partial charge in [0.2, 0.25) is 5.90 Å². The molecule has 0 aliphatic carbocycles. The molecule has 1 atom stereocenters. The van der Waals surface area contributed by atoms with E-state index in [2.05, 4.69) is 60.4 Å². The third kappa shape index (κ3) is 3.63. The lowest BCUT2D eigenvalue weighted by atomic mass is 10.2. The molecule has 26 heavy (non-hydrogen) atoms. The van der Waals surface area contributed by atoms with Crippen LogP contribution >= 0.6 is 8.15 Å². The molecule has 0 bridgehead atoms. The van der Waals surface area contributed by atoms with Crippen LogP contribution in [-0.2, 0) is 4.74 Å². The first-order valence-electron chi connectivity index (χ1n) is 8.69. The highest BCUT2D eigenvalue weighted by atomic mass is 31.1. The molecule has 0 aromatic heterocycles. The zero-order valence-electron chi connectivity index (χ0n) is 14.6.